The fourth-order valence-electron chi connectivity index (χ4n) is 2.97. The summed E-state index contributed by atoms with van der Waals surface area (Å²) in [6.07, 6.45) is 1.33. The molecule has 4 amide bonds. The number of rotatable bonds is 4. The number of amides is 4. The summed E-state index contributed by atoms with van der Waals surface area (Å²) in [6, 6.07) is 8.13. The first-order chi connectivity index (χ1) is 14.0. The summed E-state index contributed by atoms with van der Waals surface area (Å²) in [5, 5.41) is 12.0. The summed E-state index contributed by atoms with van der Waals surface area (Å²) in [7, 11) is 0. The van der Waals surface area contributed by atoms with Crippen LogP contribution in [0.5, 0.6) is 23.0 Å². The van der Waals surface area contributed by atoms with Crippen molar-refractivity contribution in [2.45, 2.75) is 6.92 Å². The van der Waals surface area contributed by atoms with Gasteiger partial charge in [0.15, 0.2) is 23.0 Å². The zero-order chi connectivity index (χ0) is 20.5. The molecule has 0 radical (unpaired) electrons. The number of imide groups is 2. The van der Waals surface area contributed by atoms with Crippen LogP contribution < -0.4 is 24.4 Å². The lowest BCUT2D eigenvalue weighted by atomic mass is 10.1. The van der Waals surface area contributed by atoms with Gasteiger partial charge in [-0.2, -0.15) is 0 Å². The Kier molecular flexibility index (Phi) is 4.55. The minimum atomic E-state index is -0.864. The number of urea groups is 1. The molecule has 9 nitrogen and oxygen atoms in total. The maximum Gasteiger partial charge on any atom is 0.335 e. The van der Waals surface area contributed by atoms with E-state index >= 15 is 0 Å². The molecule has 1 fully saturated rings. The summed E-state index contributed by atoms with van der Waals surface area (Å²) in [6.45, 7) is 2.14. The third-order valence-corrected chi connectivity index (χ3v) is 4.31. The van der Waals surface area contributed by atoms with Crippen molar-refractivity contribution in [3.05, 3.63) is 47.5 Å². The predicted octanol–water partition coefficient (Wildman–Crippen LogP) is 2.19. The number of hydrogen-bond acceptors (Lipinski definition) is 7. The van der Waals surface area contributed by atoms with Crippen molar-refractivity contribution in [1.82, 2.24) is 5.32 Å². The van der Waals surface area contributed by atoms with Gasteiger partial charge < -0.3 is 19.3 Å². The molecule has 2 aliphatic rings. The molecular weight excluding hydrogens is 380 g/mol. The van der Waals surface area contributed by atoms with E-state index in [0.717, 1.165) is 4.90 Å². The summed E-state index contributed by atoms with van der Waals surface area (Å²) < 4.78 is 15.8. The number of benzene rings is 2. The number of carbonyl (C=O) groups is 3. The first kappa shape index (κ1) is 18.4. The van der Waals surface area contributed by atoms with Gasteiger partial charge in [-0.25, -0.2) is 9.69 Å². The van der Waals surface area contributed by atoms with E-state index in [1.807, 2.05) is 0 Å². The van der Waals surface area contributed by atoms with Crippen LogP contribution in [0.1, 0.15) is 12.5 Å². The van der Waals surface area contributed by atoms with E-state index < -0.39 is 17.8 Å². The Labute approximate surface area is 165 Å². The molecular formula is C20H16N2O7. The number of barbiturate groups is 1. The quantitative estimate of drug-likeness (QED) is 0.601. The van der Waals surface area contributed by atoms with Gasteiger partial charge in [-0.1, -0.05) is 6.07 Å². The van der Waals surface area contributed by atoms with Crippen molar-refractivity contribution < 1.29 is 33.7 Å². The standard InChI is InChI=1S/C20H16N2O7/c1-2-27-16-8-11(3-5-14(16)23)7-13-18(24)21-20(26)22(19(13)25)12-4-6-15-17(9-12)29-10-28-15/h3-9,23H,2,10H2,1H3,(H,21,24,26). The normalized spacial score (nSPS) is 16.9. The van der Waals surface area contributed by atoms with Gasteiger partial charge in [-0.15, -0.1) is 0 Å². The smallest absolute Gasteiger partial charge is 0.335 e. The van der Waals surface area contributed by atoms with E-state index in [2.05, 4.69) is 5.32 Å². The number of nitrogens with zero attached hydrogens (tertiary/aromatic N) is 1. The molecule has 0 aromatic heterocycles. The van der Waals surface area contributed by atoms with Crippen LogP contribution in [0, 0.1) is 0 Å². The van der Waals surface area contributed by atoms with Crippen LogP contribution in [-0.4, -0.2) is 36.4 Å². The Bertz CT molecular complexity index is 1060. The van der Waals surface area contributed by atoms with Crippen LogP contribution in [0.3, 0.4) is 0 Å². The highest BCUT2D eigenvalue weighted by Crippen LogP contribution is 2.36. The molecule has 0 atom stereocenters. The Morgan fingerprint density at radius 1 is 1.14 bits per heavy atom. The summed E-state index contributed by atoms with van der Waals surface area (Å²) >= 11 is 0. The molecule has 2 N–H and O–H groups in total. The lowest BCUT2D eigenvalue weighted by Gasteiger charge is -2.26. The number of phenols is 1. The third kappa shape index (κ3) is 3.33. The van der Waals surface area contributed by atoms with Crippen LogP contribution in [-0.2, 0) is 9.59 Å². The second kappa shape index (κ2) is 7.19. The monoisotopic (exact) mass is 396 g/mol. The Morgan fingerprint density at radius 2 is 1.93 bits per heavy atom. The molecule has 2 heterocycles. The average molecular weight is 396 g/mol. The number of fused-ring (bicyclic) bond motifs is 1. The second-order valence-corrected chi connectivity index (χ2v) is 6.16. The molecule has 0 aliphatic carbocycles. The number of anilines is 1. The van der Waals surface area contributed by atoms with E-state index in [4.69, 9.17) is 14.2 Å². The zero-order valence-electron chi connectivity index (χ0n) is 15.3. The SMILES string of the molecule is CCOc1cc(C=C2C(=O)NC(=O)N(c3ccc4c(c3)OCO4)C2=O)ccc1O. The van der Waals surface area contributed by atoms with Gasteiger partial charge in [0.2, 0.25) is 6.79 Å². The van der Waals surface area contributed by atoms with E-state index in [0.29, 0.717) is 23.7 Å². The molecule has 9 heteroatoms. The number of ether oxygens (including phenoxy) is 3. The minimum absolute atomic E-state index is 0.0472. The molecule has 0 bridgehead atoms. The Hall–Kier alpha value is -4.01. The lowest BCUT2D eigenvalue weighted by molar-refractivity contribution is -0.122. The fraction of sp³-hybridized carbons (Fsp3) is 0.150. The maximum atomic E-state index is 13.0. The molecule has 2 aromatic carbocycles. The Morgan fingerprint density at radius 3 is 2.72 bits per heavy atom. The summed E-state index contributed by atoms with van der Waals surface area (Å²) in [5.41, 5.74) is 0.441. The molecule has 29 heavy (non-hydrogen) atoms. The van der Waals surface area contributed by atoms with Crippen molar-refractivity contribution in [3.8, 4) is 23.0 Å². The predicted molar refractivity (Wildman–Crippen MR) is 101 cm³/mol. The highest BCUT2D eigenvalue weighted by Gasteiger charge is 2.37. The number of nitrogens with one attached hydrogen (secondary N) is 1. The highest BCUT2D eigenvalue weighted by atomic mass is 16.7. The molecule has 4 rings (SSSR count). The summed E-state index contributed by atoms with van der Waals surface area (Å²) in [5.74, 6) is -0.560. The van der Waals surface area contributed by atoms with Gasteiger partial charge in [0.1, 0.15) is 5.57 Å². The Balaban J connectivity index is 1.70. The van der Waals surface area contributed by atoms with Gasteiger partial charge in [-0.05, 0) is 42.8 Å². The van der Waals surface area contributed by atoms with E-state index in [9.17, 15) is 19.5 Å². The van der Waals surface area contributed by atoms with E-state index in [1.165, 1.54) is 36.4 Å². The van der Waals surface area contributed by atoms with Crippen molar-refractivity contribution in [2.75, 3.05) is 18.3 Å². The first-order valence-electron chi connectivity index (χ1n) is 8.75. The molecule has 0 spiro atoms. The van der Waals surface area contributed by atoms with Crippen LogP contribution in [0.25, 0.3) is 6.08 Å². The van der Waals surface area contributed by atoms with Gasteiger partial charge >= 0.3 is 6.03 Å². The molecule has 2 aliphatic heterocycles. The number of phenolic OH excluding ortho intramolecular Hbond substituents is 1. The molecule has 2 aromatic rings. The topological polar surface area (TPSA) is 114 Å². The average Bonchev–Trinajstić information content (AvgIpc) is 3.15. The largest absolute Gasteiger partial charge is 0.504 e. The third-order valence-electron chi connectivity index (χ3n) is 4.31. The van der Waals surface area contributed by atoms with E-state index in [-0.39, 0.29) is 29.6 Å². The minimum Gasteiger partial charge on any atom is -0.504 e. The molecule has 1 saturated heterocycles. The molecule has 0 unspecified atom stereocenters. The fourth-order valence-corrected chi connectivity index (χ4v) is 2.97. The maximum absolute atomic E-state index is 13.0. The lowest BCUT2D eigenvalue weighted by Crippen LogP contribution is -2.54. The molecule has 148 valence electrons. The van der Waals surface area contributed by atoms with Crippen molar-refractivity contribution >= 4 is 29.6 Å². The molecule has 0 saturated carbocycles. The van der Waals surface area contributed by atoms with Crippen molar-refractivity contribution in [3.63, 3.8) is 0 Å². The van der Waals surface area contributed by atoms with Gasteiger partial charge in [0, 0.05) is 6.07 Å². The van der Waals surface area contributed by atoms with E-state index in [1.54, 1.807) is 13.0 Å². The van der Waals surface area contributed by atoms with Crippen LogP contribution in [0.15, 0.2) is 42.0 Å². The van der Waals surface area contributed by atoms with Crippen LogP contribution >= 0.6 is 0 Å². The van der Waals surface area contributed by atoms with Crippen molar-refractivity contribution in [1.29, 1.82) is 0 Å². The second-order valence-electron chi connectivity index (χ2n) is 6.16. The van der Waals surface area contributed by atoms with Crippen LogP contribution in [0.4, 0.5) is 10.5 Å². The number of carbonyl (C=O) groups excluding carboxylic acids is 3. The van der Waals surface area contributed by atoms with Crippen molar-refractivity contribution in [2.24, 2.45) is 0 Å². The van der Waals surface area contributed by atoms with Gasteiger partial charge in [0.25, 0.3) is 11.8 Å². The van der Waals surface area contributed by atoms with Gasteiger partial charge in [-0.3, -0.25) is 14.9 Å². The highest BCUT2D eigenvalue weighted by molar-refractivity contribution is 6.39. The summed E-state index contributed by atoms with van der Waals surface area (Å²) in [4.78, 5) is 38.4. The zero-order valence-corrected chi connectivity index (χ0v) is 15.3. The number of hydrogen-bond donors (Lipinski definition) is 2. The van der Waals surface area contributed by atoms with Crippen LogP contribution in [0.2, 0.25) is 0 Å². The van der Waals surface area contributed by atoms with Gasteiger partial charge in [0.05, 0.1) is 12.3 Å². The number of aromatic hydroxyl groups is 1. The first-order valence-corrected chi connectivity index (χ1v) is 8.75.